The van der Waals surface area contributed by atoms with E-state index in [4.69, 9.17) is 4.74 Å². The predicted octanol–water partition coefficient (Wildman–Crippen LogP) is 3.16. The fourth-order valence-electron chi connectivity index (χ4n) is 2.17. The van der Waals surface area contributed by atoms with E-state index in [1.807, 2.05) is 52.5 Å². The number of methoxy groups -OCH3 is 1. The van der Waals surface area contributed by atoms with Crippen LogP contribution in [0, 0.1) is 0 Å². The molecular weight excluding hydrogens is 284 g/mol. The van der Waals surface area contributed by atoms with Gasteiger partial charge in [0.2, 0.25) is 0 Å². The second-order valence-electron chi connectivity index (χ2n) is 4.66. The van der Waals surface area contributed by atoms with Crippen molar-refractivity contribution in [1.82, 2.24) is 9.78 Å². The van der Waals surface area contributed by atoms with Gasteiger partial charge >= 0.3 is 0 Å². The van der Waals surface area contributed by atoms with Gasteiger partial charge in [-0.25, -0.2) is 0 Å². The molecular formula is C16H16N2O2S. The monoisotopic (exact) mass is 300 g/mol. The van der Waals surface area contributed by atoms with Crippen molar-refractivity contribution in [2.75, 3.05) is 7.11 Å². The summed E-state index contributed by atoms with van der Waals surface area (Å²) in [5.41, 5.74) is 2.84. The SMILES string of the molecule is COc1ccc(Cn2nc(-c3cccs3)cc2CO)cc1. The maximum absolute atomic E-state index is 9.51. The Hall–Kier alpha value is -2.11. The van der Waals surface area contributed by atoms with Crippen LogP contribution in [0.25, 0.3) is 10.6 Å². The first kappa shape index (κ1) is 13.9. The van der Waals surface area contributed by atoms with Gasteiger partial charge in [-0.3, -0.25) is 4.68 Å². The Morgan fingerprint density at radius 1 is 1.24 bits per heavy atom. The first-order valence-electron chi connectivity index (χ1n) is 6.64. The first-order valence-corrected chi connectivity index (χ1v) is 7.52. The van der Waals surface area contributed by atoms with Gasteiger partial charge in [0, 0.05) is 0 Å². The molecule has 4 nitrogen and oxygen atoms in total. The van der Waals surface area contributed by atoms with Crippen molar-refractivity contribution in [1.29, 1.82) is 0 Å². The molecule has 0 radical (unpaired) electrons. The number of aliphatic hydroxyl groups is 1. The lowest BCUT2D eigenvalue weighted by molar-refractivity contribution is 0.269. The highest BCUT2D eigenvalue weighted by atomic mass is 32.1. The van der Waals surface area contributed by atoms with Crippen molar-refractivity contribution < 1.29 is 9.84 Å². The zero-order valence-corrected chi connectivity index (χ0v) is 12.5. The summed E-state index contributed by atoms with van der Waals surface area (Å²) < 4.78 is 7.00. The molecule has 0 fully saturated rings. The molecule has 108 valence electrons. The standard InChI is InChI=1S/C16H16N2O2S/c1-20-14-6-4-12(5-7-14)10-18-13(11-19)9-15(17-18)16-3-2-8-21-16/h2-9,19H,10-11H2,1H3. The van der Waals surface area contributed by atoms with Crippen LogP contribution in [0.15, 0.2) is 47.8 Å². The molecule has 0 aliphatic rings. The Bertz CT molecular complexity index is 702. The molecule has 2 heterocycles. The fourth-order valence-corrected chi connectivity index (χ4v) is 2.85. The van der Waals surface area contributed by atoms with Crippen molar-refractivity contribution in [2.45, 2.75) is 13.2 Å². The molecule has 0 bridgehead atoms. The fraction of sp³-hybridized carbons (Fsp3) is 0.188. The van der Waals surface area contributed by atoms with E-state index in [1.54, 1.807) is 18.4 Å². The Morgan fingerprint density at radius 2 is 2.05 bits per heavy atom. The van der Waals surface area contributed by atoms with E-state index < -0.39 is 0 Å². The molecule has 1 aromatic carbocycles. The molecule has 0 saturated carbocycles. The van der Waals surface area contributed by atoms with E-state index in [0.717, 1.165) is 27.6 Å². The summed E-state index contributed by atoms with van der Waals surface area (Å²) in [6.45, 7) is 0.611. The minimum Gasteiger partial charge on any atom is -0.497 e. The maximum atomic E-state index is 9.51. The third-order valence-corrected chi connectivity index (χ3v) is 4.18. The normalized spacial score (nSPS) is 10.8. The smallest absolute Gasteiger partial charge is 0.118 e. The zero-order valence-electron chi connectivity index (χ0n) is 11.7. The Kier molecular flexibility index (Phi) is 4.03. The summed E-state index contributed by atoms with van der Waals surface area (Å²) >= 11 is 1.65. The van der Waals surface area contributed by atoms with Gasteiger partial charge in [0.05, 0.1) is 30.8 Å². The van der Waals surface area contributed by atoms with Crippen LogP contribution in [0.5, 0.6) is 5.75 Å². The Morgan fingerprint density at radius 3 is 2.67 bits per heavy atom. The van der Waals surface area contributed by atoms with Crippen molar-refractivity contribution in [2.24, 2.45) is 0 Å². The van der Waals surface area contributed by atoms with Gasteiger partial charge in [0.15, 0.2) is 0 Å². The highest BCUT2D eigenvalue weighted by molar-refractivity contribution is 7.13. The molecule has 0 aliphatic carbocycles. The molecule has 0 atom stereocenters. The number of nitrogens with zero attached hydrogens (tertiary/aromatic N) is 2. The van der Waals surface area contributed by atoms with Crippen LogP contribution < -0.4 is 4.74 Å². The molecule has 3 aromatic rings. The minimum absolute atomic E-state index is 0.0193. The van der Waals surface area contributed by atoms with Crippen LogP contribution in [0.2, 0.25) is 0 Å². The van der Waals surface area contributed by atoms with E-state index in [2.05, 4.69) is 5.10 Å². The minimum atomic E-state index is -0.0193. The van der Waals surface area contributed by atoms with Crippen LogP contribution >= 0.6 is 11.3 Å². The average Bonchev–Trinajstić information content (AvgIpc) is 3.17. The number of thiophene rings is 1. The predicted molar refractivity (Wildman–Crippen MR) is 83.6 cm³/mol. The lowest BCUT2D eigenvalue weighted by Gasteiger charge is -2.06. The van der Waals surface area contributed by atoms with Crippen LogP contribution in [0.3, 0.4) is 0 Å². The molecule has 0 aliphatic heterocycles. The van der Waals surface area contributed by atoms with Gasteiger partial charge < -0.3 is 9.84 Å². The topological polar surface area (TPSA) is 47.3 Å². The second-order valence-corrected chi connectivity index (χ2v) is 5.61. The number of rotatable bonds is 5. The third-order valence-electron chi connectivity index (χ3n) is 3.29. The van der Waals surface area contributed by atoms with E-state index >= 15 is 0 Å². The quantitative estimate of drug-likeness (QED) is 0.787. The van der Waals surface area contributed by atoms with Crippen LogP contribution in [0.4, 0.5) is 0 Å². The van der Waals surface area contributed by atoms with Gasteiger partial charge in [0.1, 0.15) is 11.4 Å². The van der Waals surface area contributed by atoms with E-state index in [-0.39, 0.29) is 6.61 Å². The molecule has 0 spiro atoms. The summed E-state index contributed by atoms with van der Waals surface area (Å²) in [4.78, 5) is 1.11. The van der Waals surface area contributed by atoms with Crippen LogP contribution in [-0.2, 0) is 13.2 Å². The molecule has 0 saturated heterocycles. The summed E-state index contributed by atoms with van der Waals surface area (Å²) in [5.74, 6) is 0.834. The largest absolute Gasteiger partial charge is 0.497 e. The van der Waals surface area contributed by atoms with E-state index in [9.17, 15) is 5.11 Å². The number of hydrogen-bond donors (Lipinski definition) is 1. The molecule has 21 heavy (non-hydrogen) atoms. The van der Waals surface area contributed by atoms with Gasteiger partial charge in [-0.2, -0.15) is 5.10 Å². The molecule has 0 unspecified atom stereocenters. The first-order chi connectivity index (χ1) is 10.3. The van der Waals surface area contributed by atoms with Crippen molar-refractivity contribution >= 4 is 11.3 Å². The van der Waals surface area contributed by atoms with Gasteiger partial charge in [0.25, 0.3) is 0 Å². The third kappa shape index (κ3) is 2.99. The van der Waals surface area contributed by atoms with Gasteiger partial charge in [-0.1, -0.05) is 18.2 Å². The molecule has 2 aromatic heterocycles. The number of aromatic nitrogens is 2. The van der Waals surface area contributed by atoms with E-state index in [1.165, 1.54) is 0 Å². The highest BCUT2D eigenvalue weighted by Crippen LogP contribution is 2.24. The van der Waals surface area contributed by atoms with Gasteiger partial charge in [-0.05, 0) is 35.2 Å². The number of aliphatic hydroxyl groups excluding tert-OH is 1. The highest BCUT2D eigenvalue weighted by Gasteiger charge is 2.10. The summed E-state index contributed by atoms with van der Waals surface area (Å²) in [6.07, 6.45) is 0. The van der Waals surface area contributed by atoms with Crippen molar-refractivity contribution in [3.05, 3.63) is 59.1 Å². The summed E-state index contributed by atoms with van der Waals surface area (Å²) in [7, 11) is 1.65. The number of hydrogen-bond acceptors (Lipinski definition) is 4. The number of benzene rings is 1. The van der Waals surface area contributed by atoms with E-state index in [0.29, 0.717) is 6.54 Å². The second kappa shape index (κ2) is 6.11. The van der Waals surface area contributed by atoms with Crippen LogP contribution in [-0.4, -0.2) is 22.0 Å². The maximum Gasteiger partial charge on any atom is 0.118 e. The summed E-state index contributed by atoms with van der Waals surface area (Å²) in [5, 5.41) is 16.1. The summed E-state index contributed by atoms with van der Waals surface area (Å²) in [6, 6.07) is 13.8. The average molecular weight is 300 g/mol. The molecule has 0 amide bonds. The van der Waals surface area contributed by atoms with Crippen molar-refractivity contribution in [3.8, 4) is 16.3 Å². The lowest BCUT2D eigenvalue weighted by Crippen LogP contribution is -2.06. The number of ether oxygens (including phenoxy) is 1. The lowest BCUT2D eigenvalue weighted by atomic mass is 10.2. The van der Waals surface area contributed by atoms with Crippen LogP contribution in [0.1, 0.15) is 11.3 Å². The van der Waals surface area contributed by atoms with Gasteiger partial charge in [-0.15, -0.1) is 11.3 Å². The molecule has 1 N–H and O–H groups in total. The Balaban J connectivity index is 1.87. The molecule has 5 heteroatoms. The Labute approximate surface area is 127 Å². The van der Waals surface area contributed by atoms with Crippen molar-refractivity contribution in [3.63, 3.8) is 0 Å². The molecule has 3 rings (SSSR count). The zero-order chi connectivity index (χ0) is 14.7.